The van der Waals surface area contributed by atoms with Gasteiger partial charge in [0.2, 0.25) is 5.91 Å². The molecule has 0 aromatic carbocycles. The first-order valence-corrected chi connectivity index (χ1v) is 7.88. The molecule has 21 heavy (non-hydrogen) atoms. The third-order valence-electron chi connectivity index (χ3n) is 4.78. The maximum atomic E-state index is 12.3. The number of nitrogens with zero attached hydrogens (tertiary/aromatic N) is 3. The number of likely N-dealkylation sites (N-methyl/N-ethyl adjacent to an activating group) is 1. The van der Waals surface area contributed by atoms with Crippen molar-refractivity contribution < 1.29 is 4.79 Å². The Kier molecular flexibility index (Phi) is 5.04. The van der Waals surface area contributed by atoms with E-state index in [4.69, 9.17) is 0 Å². The molecule has 0 saturated heterocycles. The number of aryl methyl sites for hydroxylation is 2. The predicted molar refractivity (Wildman–Crippen MR) is 85.4 cm³/mol. The van der Waals surface area contributed by atoms with Crippen molar-refractivity contribution in [2.45, 2.75) is 52.5 Å². The van der Waals surface area contributed by atoms with Gasteiger partial charge in [-0.15, -0.1) is 0 Å². The van der Waals surface area contributed by atoms with Crippen molar-refractivity contribution in [1.82, 2.24) is 14.7 Å². The monoisotopic (exact) mass is 292 g/mol. The average Bonchev–Trinajstić information content (AvgIpc) is 2.66. The van der Waals surface area contributed by atoms with Gasteiger partial charge < -0.3 is 5.32 Å². The van der Waals surface area contributed by atoms with Gasteiger partial charge in [0.15, 0.2) is 0 Å². The highest BCUT2D eigenvalue weighted by Gasteiger charge is 2.23. The average molecular weight is 292 g/mol. The van der Waals surface area contributed by atoms with Crippen molar-refractivity contribution >= 4 is 11.6 Å². The normalized spacial score (nSPS) is 22.6. The molecule has 1 heterocycles. The number of hydrogen-bond acceptors (Lipinski definition) is 3. The molecule has 118 valence electrons. The van der Waals surface area contributed by atoms with E-state index in [9.17, 15) is 4.79 Å². The predicted octanol–water partition coefficient (Wildman–Crippen LogP) is 2.49. The third-order valence-corrected chi connectivity index (χ3v) is 4.78. The number of aromatic nitrogens is 2. The zero-order valence-corrected chi connectivity index (χ0v) is 13.9. The molecule has 0 radical (unpaired) electrons. The van der Waals surface area contributed by atoms with Gasteiger partial charge in [0, 0.05) is 13.1 Å². The Morgan fingerprint density at radius 2 is 1.95 bits per heavy atom. The molecule has 1 amide bonds. The molecule has 1 saturated carbocycles. The van der Waals surface area contributed by atoms with Gasteiger partial charge in [0.1, 0.15) is 0 Å². The summed E-state index contributed by atoms with van der Waals surface area (Å²) in [6.07, 6.45) is 4.96. The molecule has 5 heteroatoms. The van der Waals surface area contributed by atoms with Crippen LogP contribution < -0.4 is 5.32 Å². The lowest BCUT2D eigenvalue weighted by atomic mass is 9.87. The minimum Gasteiger partial charge on any atom is -0.322 e. The summed E-state index contributed by atoms with van der Waals surface area (Å²) in [5.74, 6) is 0.888. The SMILES string of the molecule is Cc1nn(C)c(C)c1NC(=O)CN(C)C1CCC(C)CC1. The molecule has 0 spiro atoms. The second kappa shape index (κ2) is 6.60. The highest BCUT2D eigenvalue weighted by atomic mass is 16.2. The van der Waals surface area contributed by atoms with E-state index in [1.807, 2.05) is 20.9 Å². The lowest BCUT2D eigenvalue weighted by Crippen LogP contribution is -2.40. The van der Waals surface area contributed by atoms with Gasteiger partial charge in [-0.2, -0.15) is 5.10 Å². The third kappa shape index (κ3) is 3.84. The zero-order chi connectivity index (χ0) is 15.6. The van der Waals surface area contributed by atoms with Gasteiger partial charge in [-0.25, -0.2) is 0 Å². The van der Waals surface area contributed by atoms with E-state index in [1.165, 1.54) is 25.7 Å². The van der Waals surface area contributed by atoms with Crippen LogP contribution in [0.4, 0.5) is 5.69 Å². The summed E-state index contributed by atoms with van der Waals surface area (Å²) in [5, 5.41) is 7.34. The van der Waals surface area contributed by atoms with Crippen LogP contribution >= 0.6 is 0 Å². The fraction of sp³-hybridized carbons (Fsp3) is 0.750. The first-order valence-electron chi connectivity index (χ1n) is 7.88. The molecule has 1 fully saturated rings. The summed E-state index contributed by atoms with van der Waals surface area (Å²) in [5.41, 5.74) is 2.72. The summed E-state index contributed by atoms with van der Waals surface area (Å²) in [4.78, 5) is 14.5. The number of carbonyl (C=O) groups is 1. The minimum absolute atomic E-state index is 0.0512. The van der Waals surface area contributed by atoms with Gasteiger partial charge in [-0.3, -0.25) is 14.4 Å². The molecule has 1 aliphatic rings. The largest absolute Gasteiger partial charge is 0.322 e. The molecule has 5 nitrogen and oxygen atoms in total. The Balaban J connectivity index is 1.89. The van der Waals surface area contributed by atoms with Crippen LogP contribution in [0.25, 0.3) is 0 Å². The number of rotatable bonds is 4. The van der Waals surface area contributed by atoms with Crippen LogP contribution in [0.2, 0.25) is 0 Å². The van der Waals surface area contributed by atoms with Crippen LogP contribution in [0.15, 0.2) is 0 Å². The summed E-state index contributed by atoms with van der Waals surface area (Å²) in [6, 6.07) is 0.544. The molecule has 1 aromatic heterocycles. The van der Waals surface area contributed by atoms with Crippen molar-refractivity contribution in [2.24, 2.45) is 13.0 Å². The Labute approximate surface area is 127 Å². The topological polar surface area (TPSA) is 50.2 Å². The van der Waals surface area contributed by atoms with E-state index in [0.29, 0.717) is 12.6 Å². The second-order valence-corrected chi connectivity index (χ2v) is 6.55. The highest BCUT2D eigenvalue weighted by molar-refractivity contribution is 5.93. The van der Waals surface area contributed by atoms with Crippen molar-refractivity contribution in [3.05, 3.63) is 11.4 Å². The fourth-order valence-electron chi connectivity index (χ4n) is 3.17. The fourth-order valence-corrected chi connectivity index (χ4v) is 3.17. The van der Waals surface area contributed by atoms with E-state index in [-0.39, 0.29) is 5.91 Å². The van der Waals surface area contributed by atoms with Crippen LogP contribution in [0, 0.1) is 19.8 Å². The Bertz CT molecular complexity index is 501. The van der Waals surface area contributed by atoms with Gasteiger partial charge in [0.25, 0.3) is 0 Å². The Morgan fingerprint density at radius 1 is 1.33 bits per heavy atom. The van der Waals surface area contributed by atoms with Crippen LogP contribution in [-0.4, -0.2) is 40.2 Å². The number of carbonyl (C=O) groups excluding carboxylic acids is 1. The van der Waals surface area contributed by atoms with Gasteiger partial charge in [-0.1, -0.05) is 6.92 Å². The number of hydrogen-bond donors (Lipinski definition) is 1. The number of amides is 1. The number of nitrogens with one attached hydrogen (secondary N) is 1. The lowest BCUT2D eigenvalue weighted by molar-refractivity contribution is -0.117. The highest BCUT2D eigenvalue weighted by Crippen LogP contribution is 2.26. The van der Waals surface area contributed by atoms with Gasteiger partial charge >= 0.3 is 0 Å². The van der Waals surface area contributed by atoms with Crippen LogP contribution in [-0.2, 0) is 11.8 Å². The smallest absolute Gasteiger partial charge is 0.238 e. The first-order chi connectivity index (χ1) is 9.88. The molecule has 1 aromatic rings. The summed E-state index contributed by atoms with van der Waals surface area (Å²) in [6.45, 7) is 6.67. The van der Waals surface area contributed by atoms with Crippen molar-refractivity contribution in [3.8, 4) is 0 Å². The van der Waals surface area contributed by atoms with Crippen molar-refractivity contribution in [1.29, 1.82) is 0 Å². The van der Waals surface area contributed by atoms with E-state index < -0.39 is 0 Å². The maximum absolute atomic E-state index is 12.3. The molecule has 1 N–H and O–H groups in total. The van der Waals surface area contributed by atoms with Gasteiger partial charge in [0.05, 0.1) is 23.6 Å². The minimum atomic E-state index is 0.0512. The van der Waals surface area contributed by atoms with E-state index >= 15 is 0 Å². The van der Waals surface area contributed by atoms with E-state index in [2.05, 4.69) is 29.3 Å². The quantitative estimate of drug-likeness (QED) is 0.927. The van der Waals surface area contributed by atoms with Crippen LogP contribution in [0.3, 0.4) is 0 Å². The molecular weight excluding hydrogens is 264 g/mol. The lowest BCUT2D eigenvalue weighted by Gasteiger charge is -2.33. The van der Waals surface area contributed by atoms with E-state index in [1.54, 1.807) is 4.68 Å². The molecule has 1 aliphatic carbocycles. The molecule has 2 rings (SSSR count). The Morgan fingerprint density at radius 3 is 2.48 bits per heavy atom. The Hall–Kier alpha value is -1.36. The molecule has 0 aliphatic heterocycles. The molecule has 0 atom stereocenters. The summed E-state index contributed by atoms with van der Waals surface area (Å²) >= 11 is 0. The molecule has 0 unspecified atom stereocenters. The zero-order valence-electron chi connectivity index (χ0n) is 13.9. The van der Waals surface area contributed by atoms with Crippen molar-refractivity contribution in [3.63, 3.8) is 0 Å². The standard InChI is InChI=1S/C16H28N4O/c1-11-6-8-14(9-7-11)19(4)10-15(21)17-16-12(2)18-20(5)13(16)3/h11,14H,6-10H2,1-5H3,(H,17,21). The molecule has 0 bridgehead atoms. The van der Waals surface area contributed by atoms with Crippen LogP contribution in [0.5, 0.6) is 0 Å². The first kappa shape index (κ1) is 16.0. The van der Waals surface area contributed by atoms with Crippen LogP contribution in [0.1, 0.15) is 44.0 Å². The second-order valence-electron chi connectivity index (χ2n) is 6.55. The van der Waals surface area contributed by atoms with Gasteiger partial charge in [-0.05, 0) is 52.5 Å². The molecular formula is C16H28N4O. The van der Waals surface area contributed by atoms with Crippen molar-refractivity contribution in [2.75, 3.05) is 18.9 Å². The number of anilines is 1. The summed E-state index contributed by atoms with van der Waals surface area (Å²) < 4.78 is 1.80. The summed E-state index contributed by atoms with van der Waals surface area (Å²) in [7, 11) is 3.95. The maximum Gasteiger partial charge on any atom is 0.238 e. The van der Waals surface area contributed by atoms with E-state index in [0.717, 1.165) is 23.0 Å².